The van der Waals surface area contributed by atoms with Gasteiger partial charge in [-0.25, -0.2) is 4.39 Å². The first kappa shape index (κ1) is 16.4. The van der Waals surface area contributed by atoms with Gasteiger partial charge in [-0.05, 0) is 48.4 Å². The van der Waals surface area contributed by atoms with E-state index < -0.39 is 11.8 Å². The second-order valence-electron chi connectivity index (χ2n) is 4.87. The van der Waals surface area contributed by atoms with E-state index in [0.29, 0.717) is 11.4 Å². The molecule has 0 radical (unpaired) electrons. The number of aryl methyl sites for hydroxylation is 1. The zero-order valence-electron chi connectivity index (χ0n) is 12.7. The molecule has 2 amide bonds. The Labute approximate surface area is 134 Å². The van der Waals surface area contributed by atoms with Crippen LogP contribution in [-0.2, 0) is 16.0 Å². The lowest BCUT2D eigenvalue weighted by Gasteiger charge is -2.04. The standard InChI is InChI=1S/C18H17FN2O2/c1-2-13-4-3-5-16(12-13)21-18(23)11-10-17(22)20-15-8-6-14(19)7-9-15/h3-12H,2H2,1H3,(H,20,22)(H,21,23)/b11-10-. The average Bonchev–Trinajstić information content (AvgIpc) is 2.55. The highest BCUT2D eigenvalue weighted by Crippen LogP contribution is 2.11. The lowest BCUT2D eigenvalue weighted by atomic mass is 10.1. The summed E-state index contributed by atoms with van der Waals surface area (Å²) in [6, 6.07) is 12.9. The second-order valence-corrected chi connectivity index (χ2v) is 4.87. The predicted molar refractivity (Wildman–Crippen MR) is 88.6 cm³/mol. The van der Waals surface area contributed by atoms with Crippen LogP contribution in [0.2, 0.25) is 0 Å². The minimum Gasteiger partial charge on any atom is -0.323 e. The maximum atomic E-state index is 12.8. The summed E-state index contributed by atoms with van der Waals surface area (Å²) in [5.74, 6) is -1.24. The molecular weight excluding hydrogens is 295 g/mol. The number of rotatable bonds is 5. The van der Waals surface area contributed by atoms with Gasteiger partial charge >= 0.3 is 0 Å². The van der Waals surface area contributed by atoms with Crippen LogP contribution in [-0.4, -0.2) is 11.8 Å². The summed E-state index contributed by atoms with van der Waals surface area (Å²) in [6.07, 6.45) is 3.15. The first-order valence-electron chi connectivity index (χ1n) is 7.21. The maximum absolute atomic E-state index is 12.8. The van der Waals surface area contributed by atoms with Crippen molar-refractivity contribution in [2.75, 3.05) is 10.6 Å². The van der Waals surface area contributed by atoms with Crippen LogP contribution < -0.4 is 10.6 Å². The first-order valence-corrected chi connectivity index (χ1v) is 7.21. The van der Waals surface area contributed by atoms with Crippen molar-refractivity contribution in [3.05, 3.63) is 72.1 Å². The number of anilines is 2. The number of amides is 2. The molecule has 0 unspecified atom stereocenters. The molecule has 118 valence electrons. The predicted octanol–water partition coefficient (Wildman–Crippen LogP) is 3.52. The van der Waals surface area contributed by atoms with Crippen molar-refractivity contribution in [3.8, 4) is 0 Å². The van der Waals surface area contributed by atoms with Gasteiger partial charge in [0.1, 0.15) is 5.82 Å². The molecule has 0 heterocycles. The number of hydrogen-bond donors (Lipinski definition) is 2. The Morgan fingerprint density at radius 2 is 1.57 bits per heavy atom. The van der Waals surface area contributed by atoms with Crippen molar-refractivity contribution >= 4 is 23.2 Å². The summed E-state index contributed by atoms with van der Waals surface area (Å²) in [5.41, 5.74) is 2.25. The second kappa shape index (κ2) is 7.89. The van der Waals surface area contributed by atoms with Crippen LogP contribution in [0.15, 0.2) is 60.7 Å². The zero-order chi connectivity index (χ0) is 16.7. The van der Waals surface area contributed by atoms with E-state index in [1.165, 1.54) is 24.3 Å². The number of nitrogens with one attached hydrogen (secondary N) is 2. The topological polar surface area (TPSA) is 58.2 Å². The molecule has 0 saturated heterocycles. The lowest BCUT2D eigenvalue weighted by Crippen LogP contribution is -2.12. The van der Waals surface area contributed by atoms with Gasteiger partial charge in [-0.15, -0.1) is 0 Å². The fourth-order valence-corrected chi connectivity index (χ4v) is 1.92. The Bertz CT molecular complexity index is 724. The SMILES string of the molecule is CCc1cccc(NC(=O)/C=C\C(=O)Nc2ccc(F)cc2)c1. The summed E-state index contributed by atoms with van der Waals surface area (Å²) < 4.78 is 12.8. The van der Waals surface area contributed by atoms with Gasteiger partial charge in [0.2, 0.25) is 11.8 Å². The molecule has 0 aliphatic rings. The Morgan fingerprint density at radius 1 is 0.957 bits per heavy atom. The largest absolute Gasteiger partial charge is 0.323 e. The van der Waals surface area contributed by atoms with Crippen molar-refractivity contribution in [2.45, 2.75) is 13.3 Å². The zero-order valence-corrected chi connectivity index (χ0v) is 12.7. The molecular formula is C18H17FN2O2. The van der Waals surface area contributed by atoms with Gasteiger partial charge in [0.15, 0.2) is 0 Å². The molecule has 0 aliphatic carbocycles. The third-order valence-electron chi connectivity index (χ3n) is 3.10. The maximum Gasteiger partial charge on any atom is 0.248 e. The van der Waals surface area contributed by atoms with E-state index in [4.69, 9.17) is 0 Å². The Morgan fingerprint density at radius 3 is 2.17 bits per heavy atom. The van der Waals surface area contributed by atoms with Crippen molar-refractivity contribution in [1.82, 2.24) is 0 Å². The van der Waals surface area contributed by atoms with E-state index >= 15 is 0 Å². The normalized spacial score (nSPS) is 10.5. The molecule has 0 bridgehead atoms. The monoisotopic (exact) mass is 312 g/mol. The molecule has 23 heavy (non-hydrogen) atoms. The molecule has 4 nitrogen and oxygen atoms in total. The third-order valence-corrected chi connectivity index (χ3v) is 3.10. The van der Waals surface area contributed by atoms with E-state index in [-0.39, 0.29) is 5.82 Å². The van der Waals surface area contributed by atoms with Gasteiger partial charge < -0.3 is 10.6 Å². The fraction of sp³-hybridized carbons (Fsp3) is 0.111. The van der Waals surface area contributed by atoms with E-state index in [0.717, 1.165) is 24.1 Å². The van der Waals surface area contributed by atoms with Gasteiger partial charge in [0, 0.05) is 23.5 Å². The summed E-state index contributed by atoms with van der Waals surface area (Å²) in [5, 5.41) is 5.22. The van der Waals surface area contributed by atoms with E-state index in [9.17, 15) is 14.0 Å². The molecule has 0 aliphatic heterocycles. The number of carbonyl (C=O) groups excluding carboxylic acids is 2. The van der Waals surface area contributed by atoms with Crippen molar-refractivity contribution in [3.63, 3.8) is 0 Å². The molecule has 2 rings (SSSR count). The highest BCUT2D eigenvalue weighted by atomic mass is 19.1. The van der Waals surface area contributed by atoms with E-state index in [1.807, 2.05) is 25.1 Å². The van der Waals surface area contributed by atoms with Gasteiger partial charge in [-0.3, -0.25) is 9.59 Å². The van der Waals surface area contributed by atoms with E-state index in [2.05, 4.69) is 10.6 Å². The van der Waals surface area contributed by atoms with Crippen LogP contribution >= 0.6 is 0 Å². The van der Waals surface area contributed by atoms with Gasteiger partial charge in [0.25, 0.3) is 0 Å². The third kappa shape index (κ3) is 5.39. The number of benzene rings is 2. The first-order chi connectivity index (χ1) is 11.1. The summed E-state index contributed by atoms with van der Waals surface area (Å²) >= 11 is 0. The quantitative estimate of drug-likeness (QED) is 0.830. The van der Waals surface area contributed by atoms with Crippen molar-refractivity contribution < 1.29 is 14.0 Å². The van der Waals surface area contributed by atoms with Crippen LogP contribution in [0.25, 0.3) is 0 Å². The molecule has 0 fully saturated rings. The molecule has 2 aromatic carbocycles. The summed E-state index contributed by atoms with van der Waals surface area (Å²) in [4.78, 5) is 23.5. The molecule has 5 heteroatoms. The molecule has 2 aromatic rings. The average molecular weight is 312 g/mol. The Hall–Kier alpha value is -2.95. The molecule has 2 N–H and O–H groups in total. The summed E-state index contributed by atoms with van der Waals surface area (Å²) in [7, 11) is 0. The van der Waals surface area contributed by atoms with Gasteiger partial charge in [-0.2, -0.15) is 0 Å². The number of halogens is 1. The summed E-state index contributed by atoms with van der Waals surface area (Å²) in [6.45, 7) is 2.03. The van der Waals surface area contributed by atoms with Gasteiger partial charge in [0.05, 0.1) is 0 Å². The number of carbonyl (C=O) groups is 2. The number of hydrogen-bond acceptors (Lipinski definition) is 2. The van der Waals surface area contributed by atoms with E-state index in [1.54, 1.807) is 6.07 Å². The molecule has 0 spiro atoms. The Balaban J connectivity index is 1.89. The lowest BCUT2D eigenvalue weighted by molar-refractivity contribution is -0.114. The van der Waals surface area contributed by atoms with Crippen molar-refractivity contribution in [1.29, 1.82) is 0 Å². The molecule has 0 aromatic heterocycles. The smallest absolute Gasteiger partial charge is 0.248 e. The van der Waals surface area contributed by atoms with Crippen LogP contribution in [0.4, 0.5) is 15.8 Å². The van der Waals surface area contributed by atoms with Gasteiger partial charge in [-0.1, -0.05) is 19.1 Å². The molecule has 0 saturated carbocycles. The minimum absolute atomic E-state index is 0.382. The highest BCUT2D eigenvalue weighted by molar-refractivity contribution is 6.06. The van der Waals surface area contributed by atoms with Crippen LogP contribution in [0.1, 0.15) is 12.5 Å². The minimum atomic E-state index is -0.464. The highest BCUT2D eigenvalue weighted by Gasteiger charge is 2.02. The van der Waals surface area contributed by atoms with Crippen LogP contribution in [0.5, 0.6) is 0 Å². The Kier molecular flexibility index (Phi) is 5.63. The van der Waals surface area contributed by atoms with Crippen molar-refractivity contribution in [2.24, 2.45) is 0 Å². The van der Waals surface area contributed by atoms with Crippen LogP contribution in [0.3, 0.4) is 0 Å². The fourth-order valence-electron chi connectivity index (χ4n) is 1.92. The van der Waals surface area contributed by atoms with Crippen LogP contribution in [0, 0.1) is 5.82 Å². The molecule has 0 atom stereocenters.